The Morgan fingerprint density at radius 2 is 1.50 bits per heavy atom. The standard InChI is InChI=1S/C22H35BrSi/c1-2-3-7-16-24(22-8-5-4-6-9-22)17-14-20(15-18-24)19-10-12-21(23)13-11-19/h4-6,8-9,19-21H,2-3,7,10-18H2,1H3/t19-,20?,21-,24?. The van der Waals surface area contributed by atoms with Crippen molar-refractivity contribution < 1.29 is 0 Å². The maximum absolute atomic E-state index is 3.83. The van der Waals surface area contributed by atoms with E-state index >= 15 is 0 Å². The van der Waals surface area contributed by atoms with Crippen LogP contribution in [0.25, 0.3) is 0 Å². The van der Waals surface area contributed by atoms with Crippen LogP contribution in [-0.2, 0) is 0 Å². The van der Waals surface area contributed by atoms with Gasteiger partial charge in [-0.3, -0.25) is 0 Å². The molecule has 0 amide bonds. The maximum atomic E-state index is 3.83. The van der Waals surface area contributed by atoms with Gasteiger partial charge in [-0.2, -0.15) is 0 Å². The van der Waals surface area contributed by atoms with Gasteiger partial charge in [0.1, 0.15) is 0 Å². The highest BCUT2D eigenvalue weighted by Gasteiger charge is 2.40. The molecule has 134 valence electrons. The zero-order chi connectivity index (χ0) is 16.8. The third-order valence-corrected chi connectivity index (χ3v) is 13.3. The van der Waals surface area contributed by atoms with E-state index in [0.717, 1.165) is 16.7 Å². The predicted molar refractivity (Wildman–Crippen MR) is 113 cm³/mol. The Hall–Kier alpha value is -0.0831. The number of benzene rings is 1. The highest BCUT2D eigenvalue weighted by molar-refractivity contribution is 9.09. The largest absolute Gasteiger partial charge is 0.0891 e. The first-order valence-electron chi connectivity index (χ1n) is 10.4. The van der Waals surface area contributed by atoms with E-state index in [2.05, 4.69) is 53.2 Å². The van der Waals surface area contributed by atoms with Gasteiger partial charge < -0.3 is 0 Å². The van der Waals surface area contributed by atoms with Crippen LogP contribution in [0.15, 0.2) is 30.3 Å². The van der Waals surface area contributed by atoms with E-state index < -0.39 is 8.07 Å². The topological polar surface area (TPSA) is 0 Å². The molecular formula is C22H35BrSi. The summed E-state index contributed by atoms with van der Waals surface area (Å²) in [5.74, 6) is 2.08. The highest BCUT2D eigenvalue weighted by atomic mass is 79.9. The molecule has 0 radical (unpaired) electrons. The summed E-state index contributed by atoms with van der Waals surface area (Å²) in [4.78, 5) is 0.809. The van der Waals surface area contributed by atoms with Crippen molar-refractivity contribution >= 4 is 29.2 Å². The molecule has 0 aromatic heterocycles. The van der Waals surface area contributed by atoms with Crippen LogP contribution in [0.1, 0.15) is 64.7 Å². The monoisotopic (exact) mass is 406 g/mol. The van der Waals surface area contributed by atoms with Crippen LogP contribution >= 0.6 is 15.9 Å². The van der Waals surface area contributed by atoms with Crippen molar-refractivity contribution in [2.24, 2.45) is 11.8 Å². The lowest BCUT2D eigenvalue weighted by atomic mass is 9.77. The molecule has 0 spiro atoms. The van der Waals surface area contributed by atoms with Gasteiger partial charge in [0.05, 0.1) is 8.07 Å². The van der Waals surface area contributed by atoms with E-state index in [-0.39, 0.29) is 0 Å². The number of halogens is 1. The summed E-state index contributed by atoms with van der Waals surface area (Å²) < 4.78 is 0. The molecule has 1 heterocycles. The Morgan fingerprint density at radius 1 is 0.875 bits per heavy atom. The summed E-state index contributed by atoms with van der Waals surface area (Å²) in [6, 6.07) is 16.4. The number of hydrogen-bond donors (Lipinski definition) is 0. The SMILES string of the molecule is CCCCC[Si]1(c2ccccc2)CCC([C@H]2CC[C@H](Br)CC2)CC1. The quantitative estimate of drug-likeness (QED) is 0.273. The minimum absolute atomic E-state index is 0.809. The number of hydrogen-bond acceptors (Lipinski definition) is 0. The Labute approximate surface area is 159 Å². The predicted octanol–water partition coefficient (Wildman–Crippen LogP) is 6.90. The van der Waals surface area contributed by atoms with Crippen molar-refractivity contribution in [3.05, 3.63) is 30.3 Å². The molecule has 2 aliphatic rings. The van der Waals surface area contributed by atoms with E-state index in [9.17, 15) is 0 Å². The summed E-state index contributed by atoms with van der Waals surface area (Å²) in [5, 5.41) is 1.77. The first kappa shape index (κ1) is 18.7. The fourth-order valence-electron chi connectivity index (χ4n) is 5.40. The van der Waals surface area contributed by atoms with Gasteiger partial charge in [0, 0.05) is 4.83 Å². The summed E-state index contributed by atoms with van der Waals surface area (Å²) in [6.07, 6.45) is 13.1. The second-order valence-electron chi connectivity index (χ2n) is 8.45. The van der Waals surface area contributed by atoms with Gasteiger partial charge >= 0.3 is 0 Å². The lowest BCUT2D eigenvalue weighted by molar-refractivity contribution is 0.233. The lowest BCUT2D eigenvalue weighted by Gasteiger charge is -2.43. The molecule has 1 aliphatic carbocycles. The van der Waals surface area contributed by atoms with E-state index in [4.69, 9.17) is 0 Å². The molecule has 1 aliphatic heterocycles. The van der Waals surface area contributed by atoms with Gasteiger partial charge in [0.2, 0.25) is 0 Å². The Kier molecular flexibility index (Phi) is 7.04. The maximum Gasteiger partial charge on any atom is 0.0867 e. The van der Waals surface area contributed by atoms with Crippen LogP contribution in [0.2, 0.25) is 18.1 Å². The summed E-state index contributed by atoms with van der Waals surface area (Å²) in [7, 11) is -1.22. The molecule has 24 heavy (non-hydrogen) atoms. The van der Waals surface area contributed by atoms with Crippen molar-refractivity contribution in [1.29, 1.82) is 0 Å². The Balaban J connectivity index is 1.64. The molecule has 2 heteroatoms. The molecular weight excluding hydrogens is 372 g/mol. The van der Waals surface area contributed by atoms with Crippen molar-refractivity contribution in [3.63, 3.8) is 0 Å². The molecule has 1 aromatic rings. The molecule has 0 nitrogen and oxygen atoms in total. The number of rotatable bonds is 6. The molecule has 3 rings (SSSR count). The summed E-state index contributed by atoms with van der Waals surface area (Å²) in [6.45, 7) is 2.34. The highest BCUT2D eigenvalue weighted by Crippen LogP contribution is 2.44. The Morgan fingerprint density at radius 3 is 2.12 bits per heavy atom. The molecule has 1 aromatic carbocycles. The molecule has 0 N–H and O–H groups in total. The average Bonchev–Trinajstić information content (AvgIpc) is 2.64. The fourth-order valence-corrected chi connectivity index (χ4v) is 11.2. The first-order chi connectivity index (χ1) is 11.7. The average molecular weight is 408 g/mol. The van der Waals surface area contributed by atoms with E-state index in [1.165, 1.54) is 57.8 Å². The molecule has 1 saturated carbocycles. The van der Waals surface area contributed by atoms with Crippen LogP contribution in [0, 0.1) is 11.8 Å². The number of alkyl halides is 1. The van der Waals surface area contributed by atoms with E-state index in [1.54, 1.807) is 23.3 Å². The van der Waals surface area contributed by atoms with Crippen LogP contribution in [-0.4, -0.2) is 12.9 Å². The van der Waals surface area contributed by atoms with Gasteiger partial charge in [-0.1, -0.05) is 109 Å². The first-order valence-corrected chi connectivity index (χ1v) is 14.0. The molecule has 0 unspecified atom stereocenters. The third-order valence-electron chi connectivity index (χ3n) is 7.00. The lowest BCUT2D eigenvalue weighted by Crippen LogP contribution is -2.50. The second-order valence-corrected chi connectivity index (χ2v) is 14.4. The zero-order valence-corrected chi connectivity index (χ0v) is 18.1. The normalized spacial score (nSPS) is 34.2. The molecule has 2 fully saturated rings. The molecule has 0 bridgehead atoms. The Bertz CT molecular complexity index is 470. The van der Waals surface area contributed by atoms with Gasteiger partial charge in [0.25, 0.3) is 0 Å². The molecule has 1 saturated heterocycles. The van der Waals surface area contributed by atoms with Gasteiger partial charge in [-0.25, -0.2) is 0 Å². The summed E-state index contributed by atoms with van der Waals surface area (Å²) >= 11 is 3.83. The second kappa shape index (κ2) is 9.03. The van der Waals surface area contributed by atoms with E-state index in [0.29, 0.717) is 0 Å². The number of unbranched alkanes of at least 4 members (excludes halogenated alkanes) is 2. The van der Waals surface area contributed by atoms with Crippen LogP contribution in [0.5, 0.6) is 0 Å². The van der Waals surface area contributed by atoms with Crippen LogP contribution < -0.4 is 5.19 Å². The van der Waals surface area contributed by atoms with Crippen LogP contribution in [0.3, 0.4) is 0 Å². The molecule has 0 atom stereocenters. The van der Waals surface area contributed by atoms with Crippen molar-refractivity contribution in [2.75, 3.05) is 0 Å². The minimum Gasteiger partial charge on any atom is -0.0891 e. The zero-order valence-electron chi connectivity index (χ0n) is 15.5. The minimum atomic E-state index is -1.22. The van der Waals surface area contributed by atoms with Gasteiger partial charge in [0.15, 0.2) is 0 Å². The smallest absolute Gasteiger partial charge is 0.0867 e. The third kappa shape index (κ3) is 4.55. The van der Waals surface area contributed by atoms with Crippen molar-refractivity contribution in [1.82, 2.24) is 0 Å². The van der Waals surface area contributed by atoms with Gasteiger partial charge in [-0.15, -0.1) is 0 Å². The van der Waals surface area contributed by atoms with Crippen molar-refractivity contribution in [3.8, 4) is 0 Å². The summed E-state index contributed by atoms with van der Waals surface area (Å²) in [5.41, 5.74) is 0. The van der Waals surface area contributed by atoms with Gasteiger partial charge in [-0.05, 0) is 37.5 Å². The van der Waals surface area contributed by atoms with Crippen molar-refractivity contribution in [2.45, 2.75) is 87.7 Å². The van der Waals surface area contributed by atoms with Crippen LogP contribution in [0.4, 0.5) is 0 Å². The fraction of sp³-hybridized carbons (Fsp3) is 0.727. The van der Waals surface area contributed by atoms with E-state index in [1.807, 2.05) is 0 Å².